The molecular formula is C5H11NO2. The Labute approximate surface area is 49.2 Å². The van der Waals surface area contributed by atoms with E-state index in [4.69, 9.17) is 0 Å². The summed E-state index contributed by atoms with van der Waals surface area (Å²) in [6.07, 6.45) is 0. The van der Waals surface area contributed by atoms with Crippen molar-refractivity contribution in [2.24, 2.45) is 0 Å². The molecule has 3 heteroatoms. The van der Waals surface area contributed by atoms with E-state index >= 15 is 0 Å². The Bertz CT molecular complexity index is 72.8. The molecular weight excluding hydrogens is 106 g/mol. The van der Waals surface area contributed by atoms with E-state index in [1.54, 1.807) is 7.05 Å². The van der Waals surface area contributed by atoms with Crippen LogP contribution in [0, 0.1) is 0 Å². The van der Waals surface area contributed by atoms with Crippen molar-refractivity contribution in [2.45, 2.75) is 19.9 Å². The molecule has 0 aromatic rings. The molecule has 0 amide bonds. The van der Waals surface area contributed by atoms with E-state index in [2.05, 4.69) is 4.84 Å². The molecule has 0 atom stereocenters. The standard InChI is InChI=1S/C5H11NO2/c1-5(2)6(3)8-4-7/h4-5H,1-3H3. The van der Waals surface area contributed by atoms with E-state index in [0.29, 0.717) is 6.47 Å². The van der Waals surface area contributed by atoms with Gasteiger partial charge >= 0.3 is 6.47 Å². The van der Waals surface area contributed by atoms with Gasteiger partial charge in [-0.1, -0.05) is 0 Å². The number of carbonyl (C=O) groups is 1. The summed E-state index contributed by atoms with van der Waals surface area (Å²) in [7, 11) is 1.71. The third-order valence-electron chi connectivity index (χ3n) is 0.937. The van der Waals surface area contributed by atoms with Gasteiger partial charge in [0.15, 0.2) is 0 Å². The minimum absolute atomic E-state index is 0.250. The fraction of sp³-hybridized carbons (Fsp3) is 0.800. The van der Waals surface area contributed by atoms with Gasteiger partial charge in [-0.25, -0.2) is 0 Å². The zero-order chi connectivity index (χ0) is 6.57. The Hall–Kier alpha value is -0.570. The summed E-state index contributed by atoms with van der Waals surface area (Å²) in [5.41, 5.74) is 0. The van der Waals surface area contributed by atoms with Gasteiger partial charge in [-0.3, -0.25) is 4.79 Å². The molecule has 0 aromatic carbocycles. The van der Waals surface area contributed by atoms with E-state index < -0.39 is 0 Å². The number of hydrogen-bond donors (Lipinski definition) is 0. The highest BCUT2D eigenvalue weighted by Gasteiger charge is 2.00. The van der Waals surface area contributed by atoms with Gasteiger partial charge in [-0.15, -0.1) is 5.06 Å². The number of hydroxylamine groups is 2. The molecule has 0 N–H and O–H groups in total. The second-order valence-corrected chi connectivity index (χ2v) is 1.84. The molecule has 3 nitrogen and oxygen atoms in total. The van der Waals surface area contributed by atoms with E-state index in [1.807, 2.05) is 13.8 Å². The Kier molecular flexibility index (Phi) is 3.19. The SMILES string of the molecule is CC(C)N(C)OC=O. The minimum atomic E-state index is 0.250. The van der Waals surface area contributed by atoms with E-state index in [0.717, 1.165) is 0 Å². The largest absolute Gasteiger partial charge is 0.371 e. The van der Waals surface area contributed by atoms with Crippen LogP contribution in [0.4, 0.5) is 0 Å². The molecule has 8 heavy (non-hydrogen) atoms. The average molecular weight is 117 g/mol. The van der Waals surface area contributed by atoms with Crippen LogP contribution in [0.2, 0.25) is 0 Å². The van der Waals surface area contributed by atoms with Gasteiger partial charge in [0.2, 0.25) is 0 Å². The third kappa shape index (κ3) is 2.58. The van der Waals surface area contributed by atoms with Crippen molar-refractivity contribution in [1.29, 1.82) is 0 Å². The summed E-state index contributed by atoms with van der Waals surface area (Å²) < 4.78 is 0. The van der Waals surface area contributed by atoms with Gasteiger partial charge in [-0.2, -0.15) is 0 Å². The fourth-order valence-electron chi connectivity index (χ4n) is 0.190. The predicted molar refractivity (Wildman–Crippen MR) is 30.0 cm³/mol. The van der Waals surface area contributed by atoms with Crippen molar-refractivity contribution in [3.05, 3.63) is 0 Å². The van der Waals surface area contributed by atoms with Gasteiger partial charge in [0.1, 0.15) is 0 Å². The molecule has 0 saturated carbocycles. The topological polar surface area (TPSA) is 29.5 Å². The highest BCUT2D eigenvalue weighted by atomic mass is 16.7. The van der Waals surface area contributed by atoms with Gasteiger partial charge in [-0.05, 0) is 13.8 Å². The summed E-state index contributed by atoms with van der Waals surface area (Å²) in [4.78, 5) is 14.1. The molecule has 0 fully saturated rings. The van der Waals surface area contributed by atoms with Crippen LogP contribution < -0.4 is 0 Å². The lowest BCUT2D eigenvalue weighted by Gasteiger charge is -2.15. The quantitative estimate of drug-likeness (QED) is 0.396. The molecule has 0 heterocycles. The molecule has 0 saturated heterocycles. The lowest BCUT2D eigenvalue weighted by molar-refractivity contribution is -0.174. The van der Waals surface area contributed by atoms with Gasteiger partial charge < -0.3 is 4.84 Å². The second kappa shape index (κ2) is 3.43. The van der Waals surface area contributed by atoms with Crippen LogP contribution in [0.1, 0.15) is 13.8 Å². The maximum Gasteiger partial charge on any atom is 0.312 e. The molecule has 0 rings (SSSR count). The molecule has 0 aliphatic rings. The molecule has 0 unspecified atom stereocenters. The summed E-state index contributed by atoms with van der Waals surface area (Å²) in [5, 5.41) is 1.48. The molecule has 48 valence electrons. The van der Waals surface area contributed by atoms with Crippen LogP contribution in [-0.2, 0) is 9.63 Å². The first-order chi connectivity index (χ1) is 3.68. The first-order valence-corrected chi connectivity index (χ1v) is 2.51. The van der Waals surface area contributed by atoms with E-state index in [1.165, 1.54) is 5.06 Å². The number of nitrogens with zero attached hydrogens (tertiary/aromatic N) is 1. The lowest BCUT2D eigenvalue weighted by Crippen LogP contribution is -2.25. The number of hydrogen-bond acceptors (Lipinski definition) is 3. The number of carbonyl (C=O) groups excluding carboxylic acids is 1. The highest BCUT2D eigenvalue weighted by molar-refractivity contribution is 5.36. The minimum Gasteiger partial charge on any atom is -0.371 e. The van der Waals surface area contributed by atoms with Gasteiger partial charge in [0, 0.05) is 13.1 Å². The molecule has 0 aliphatic carbocycles. The Morgan fingerprint density at radius 3 is 2.25 bits per heavy atom. The zero-order valence-corrected chi connectivity index (χ0v) is 5.42. The first kappa shape index (κ1) is 7.43. The number of rotatable bonds is 3. The lowest BCUT2D eigenvalue weighted by atomic mass is 10.4. The van der Waals surface area contributed by atoms with Crippen LogP contribution in [0.15, 0.2) is 0 Å². The molecule has 0 aromatic heterocycles. The van der Waals surface area contributed by atoms with Crippen LogP contribution in [0.3, 0.4) is 0 Å². The maximum absolute atomic E-state index is 9.66. The van der Waals surface area contributed by atoms with Crippen LogP contribution >= 0.6 is 0 Å². The predicted octanol–water partition coefficient (Wildman–Crippen LogP) is 0.415. The second-order valence-electron chi connectivity index (χ2n) is 1.84. The van der Waals surface area contributed by atoms with E-state index in [9.17, 15) is 4.79 Å². The van der Waals surface area contributed by atoms with Crippen molar-refractivity contribution in [3.8, 4) is 0 Å². The van der Waals surface area contributed by atoms with Gasteiger partial charge in [0.05, 0.1) is 0 Å². The Morgan fingerprint density at radius 1 is 1.62 bits per heavy atom. The van der Waals surface area contributed by atoms with Crippen LogP contribution in [0.25, 0.3) is 0 Å². The van der Waals surface area contributed by atoms with Crippen molar-refractivity contribution in [2.75, 3.05) is 7.05 Å². The summed E-state index contributed by atoms with van der Waals surface area (Å²) >= 11 is 0. The highest BCUT2D eigenvalue weighted by Crippen LogP contribution is 1.90. The smallest absolute Gasteiger partial charge is 0.312 e. The van der Waals surface area contributed by atoms with Crippen LogP contribution in [-0.4, -0.2) is 24.6 Å². The summed E-state index contributed by atoms with van der Waals surface area (Å²) in [5.74, 6) is 0. The molecule has 0 radical (unpaired) electrons. The fourth-order valence-corrected chi connectivity index (χ4v) is 0.190. The Balaban J connectivity index is 3.30. The van der Waals surface area contributed by atoms with Crippen molar-refractivity contribution in [3.63, 3.8) is 0 Å². The summed E-state index contributed by atoms with van der Waals surface area (Å²) in [6.45, 7) is 4.28. The third-order valence-corrected chi connectivity index (χ3v) is 0.937. The van der Waals surface area contributed by atoms with Crippen molar-refractivity contribution in [1.82, 2.24) is 5.06 Å². The summed E-state index contributed by atoms with van der Waals surface area (Å²) in [6, 6.07) is 0.250. The normalized spacial score (nSPS) is 10.1. The average Bonchev–Trinajstić information content (AvgIpc) is 1.67. The zero-order valence-electron chi connectivity index (χ0n) is 5.42. The first-order valence-electron chi connectivity index (χ1n) is 2.51. The monoisotopic (exact) mass is 117 g/mol. The Morgan fingerprint density at radius 2 is 2.12 bits per heavy atom. The van der Waals surface area contributed by atoms with Crippen LogP contribution in [0.5, 0.6) is 0 Å². The van der Waals surface area contributed by atoms with Crippen molar-refractivity contribution < 1.29 is 9.63 Å². The van der Waals surface area contributed by atoms with Gasteiger partial charge in [0.25, 0.3) is 0 Å². The van der Waals surface area contributed by atoms with Crippen molar-refractivity contribution >= 4 is 6.47 Å². The maximum atomic E-state index is 9.66. The van der Waals surface area contributed by atoms with E-state index in [-0.39, 0.29) is 6.04 Å². The molecule has 0 bridgehead atoms. The molecule has 0 spiro atoms. The molecule has 0 aliphatic heterocycles.